The first-order valence-electron chi connectivity index (χ1n) is 13.4. The second-order valence-electron chi connectivity index (χ2n) is 11.8. The zero-order valence-corrected chi connectivity index (χ0v) is 23.4. The number of rotatable bonds is 7. The molecule has 5 rings (SSSR count). The Morgan fingerprint density at radius 2 is 1.52 bits per heavy atom. The van der Waals surface area contributed by atoms with E-state index in [-0.39, 0.29) is 53.6 Å². The van der Waals surface area contributed by atoms with Gasteiger partial charge >= 0.3 is 0 Å². The number of halogens is 3. The highest BCUT2D eigenvalue weighted by atomic mass is 32.2. The van der Waals surface area contributed by atoms with Crippen molar-refractivity contribution in [3.05, 3.63) is 70.5 Å². The Kier molecular flexibility index (Phi) is 7.64. The molecule has 0 radical (unpaired) electrons. The first kappa shape index (κ1) is 28.5. The summed E-state index contributed by atoms with van der Waals surface area (Å²) >= 11 is 0. The molecule has 11 heteroatoms. The first-order valence-corrected chi connectivity index (χ1v) is 14.6. The lowest BCUT2D eigenvalue weighted by atomic mass is 9.82. The monoisotopic (exact) mass is 575 g/mol. The maximum absolute atomic E-state index is 14.6. The van der Waals surface area contributed by atoms with Gasteiger partial charge in [-0.3, -0.25) is 19.3 Å². The summed E-state index contributed by atoms with van der Waals surface area (Å²) in [5.41, 5.74) is 0.554. The molecule has 3 heterocycles. The van der Waals surface area contributed by atoms with Crippen molar-refractivity contribution in [3.8, 4) is 0 Å². The summed E-state index contributed by atoms with van der Waals surface area (Å²) in [5.74, 6) is -4.71. The Bertz CT molecular complexity index is 1350. The molecular formula is C29H32F3N3O4S. The third-order valence-electron chi connectivity index (χ3n) is 8.14. The third-order valence-corrected chi connectivity index (χ3v) is 9.77. The Balaban J connectivity index is 1.33. The Morgan fingerprint density at radius 1 is 0.975 bits per heavy atom. The number of amides is 3. The highest BCUT2D eigenvalue weighted by molar-refractivity contribution is 7.84. The molecule has 2 unspecified atom stereocenters. The van der Waals surface area contributed by atoms with Gasteiger partial charge in [0.1, 0.15) is 12.4 Å². The van der Waals surface area contributed by atoms with Crippen LogP contribution < -0.4 is 4.72 Å². The molecule has 7 nitrogen and oxygen atoms in total. The summed E-state index contributed by atoms with van der Waals surface area (Å²) in [7, 11) is -1.51. The number of benzene rings is 2. The van der Waals surface area contributed by atoms with E-state index < -0.39 is 51.0 Å². The molecule has 2 bridgehead atoms. The van der Waals surface area contributed by atoms with Crippen LogP contribution in [0, 0.1) is 23.4 Å². The maximum Gasteiger partial charge on any atom is 0.262 e. The fourth-order valence-corrected chi connectivity index (χ4v) is 7.03. The lowest BCUT2D eigenvalue weighted by molar-refractivity contribution is -0.136. The molecule has 2 saturated heterocycles. The zero-order chi connectivity index (χ0) is 28.9. The Labute approximate surface area is 233 Å². The van der Waals surface area contributed by atoms with Crippen LogP contribution in [-0.4, -0.2) is 61.1 Å². The van der Waals surface area contributed by atoms with Crippen LogP contribution in [0.3, 0.4) is 0 Å². The normalized spacial score (nSPS) is 23.9. The smallest absolute Gasteiger partial charge is 0.262 e. The van der Waals surface area contributed by atoms with E-state index in [4.69, 9.17) is 0 Å². The minimum atomic E-state index is -1.51. The molecule has 3 aliphatic heterocycles. The minimum absolute atomic E-state index is 0.00204. The average molecular weight is 576 g/mol. The van der Waals surface area contributed by atoms with E-state index in [1.807, 2.05) is 0 Å². The minimum Gasteiger partial charge on any atom is -0.335 e. The van der Waals surface area contributed by atoms with Gasteiger partial charge in [0.2, 0.25) is 5.91 Å². The summed E-state index contributed by atoms with van der Waals surface area (Å²) in [6.07, 6.45) is 2.49. The second-order valence-corrected chi connectivity index (χ2v) is 13.8. The van der Waals surface area contributed by atoms with E-state index >= 15 is 0 Å². The predicted octanol–water partition coefficient (Wildman–Crippen LogP) is 4.13. The van der Waals surface area contributed by atoms with Crippen molar-refractivity contribution in [3.63, 3.8) is 0 Å². The van der Waals surface area contributed by atoms with Gasteiger partial charge in [-0.05, 0) is 82.6 Å². The zero-order valence-electron chi connectivity index (χ0n) is 22.6. The van der Waals surface area contributed by atoms with Crippen LogP contribution in [-0.2, 0) is 22.2 Å². The van der Waals surface area contributed by atoms with E-state index in [1.165, 1.54) is 0 Å². The van der Waals surface area contributed by atoms with Gasteiger partial charge in [0.15, 0.2) is 11.6 Å². The predicted molar refractivity (Wildman–Crippen MR) is 143 cm³/mol. The second kappa shape index (κ2) is 10.7. The molecule has 5 atom stereocenters. The van der Waals surface area contributed by atoms with Gasteiger partial charge in [0, 0.05) is 24.2 Å². The van der Waals surface area contributed by atoms with Crippen molar-refractivity contribution in [2.45, 2.75) is 75.7 Å². The molecule has 3 amide bonds. The van der Waals surface area contributed by atoms with Crippen LogP contribution in [0.15, 0.2) is 36.4 Å². The maximum atomic E-state index is 14.6. The lowest BCUT2D eigenvalue weighted by Crippen LogP contribution is -2.54. The molecule has 2 fully saturated rings. The van der Waals surface area contributed by atoms with Gasteiger partial charge < -0.3 is 4.90 Å². The molecular weight excluding hydrogens is 543 g/mol. The SMILES string of the molecule is CC(C)(C)S(=O)N[C@@H](Cc1cc(F)c(F)cc1F)C1C[C@H]2CC[C@@H](C1)N2C(=O)CN1C(=O)c2ccccc2C1=O. The van der Waals surface area contributed by atoms with Gasteiger partial charge in [0.25, 0.3) is 11.8 Å². The summed E-state index contributed by atoms with van der Waals surface area (Å²) in [4.78, 5) is 41.8. The summed E-state index contributed by atoms with van der Waals surface area (Å²) < 4.78 is 57.7. The number of hydrogen-bond donors (Lipinski definition) is 1. The molecule has 1 N–H and O–H groups in total. The molecule has 3 aliphatic rings. The van der Waals surface area contributed by atoms with Crippen LogP contribution in [0.25, 0.3) is 0 Å². The van der Waals surface area contributed by atoms with Crippen LogP contribution in [0.2, 0.25) is 0 Å². The van der Waals surface area contributed by atoms with Crippen molar-refractivity contribution in [1.82, 2.24) is 14.5 Å². The standard InChI is InChI=1S/C29H32F3N3O4S/c1-29(2,3)40(39)33-25(13-16-12-23(31)24(32)14-22(16)30)17-10-18-8-9-19(11-17)35(18)26(36)15-34-27(37)20-6-4-5-7-21(20)28(34)38/h4-7,12,14,17-19,25,33H,8-11,13,15H2,1-3H3/t17?,18-,19+,25-,40?/m0/s1. The highest BCUT2D eigenvalue weighted by Gasteiger charge is 2.47. The van der Waals surface area contributed by atoms with E-state index in [1.54, 1.807) is 49.9 Å². The molecule has 214 valence electrons. The van der Waals surface area contributed by atoms with Gasteiger partial charge in [-0.15, -0.1) is 0 Å². The number of carbonyl (C=O) groups excluding carboxylic acids is 3. The van der Waals surface area contributed by atoms with E-state index in [2.05, 4.69) is 4.72 Å². The van der Waals surface area contributed by atoms with Crippen molar-refractivity contribution in [1.29, 1.82) is 0 Å². The van der Waals surface area contributed by atoms with Crippen molar-refractivity contribution < 1.29 is 31.8 Å². The van der Waals surface area contributed by atoms with Gasteiger partial charge in [-0.1, -0.05) is 12.1 Å². The quantitative estimate of drug-likeness (QED) is 0.398. The summed E-state index contributed by atoms with van der Waals surface area (Å²) in [6, 6.07) is 6.98. The van der Waals surface area contributed by atoms with Gasteiger partial charge in [-0.2, -0.15) is 0 Å². The molecule has 2 aromatic carbocycles. The summed E-state index contributed by atoms with van der Waals surface area (Å²) in [5, 5.41) is 0. The molecule has 0 aliphatic carbocycles. The molecule has 2 aromatic rings. The summed E-state index contributed by atoms with van der Waals surface area (Å²) in [6.45, 7) is 5.06. The number of nitrogens with one attached hydrogen (secondary N) is 1. The van der Waals surface area contributed by atoms with E-state index in [0.29, 0.717) is 18.9 Å². The van der Waals surface area contributed by atoms with E-state index in [0.717, 1.165) is 23.8 Å². The fraction of sp³-hybridized carbons (Fsp3) is 0.483. The topological polar surface area (TPSA) is 86.8 Å². The van der Waals surface area contributed by atoms with E-state index in [9.17, 15) is 31.8 Å². The Morgan fingerprint density at radius 3 is 2.08 bits per heavy atom. The van der Waals surface area contributed by atoms with Crippen molar-refractivity contribution in [2.24, 2.45) is 5.92 Å². The molecule has 0 saturated carbocycles. The molecule has 40 heavy (non-hydrogen) atoms. The van der Waals surface area contributed by atoms with Crippen LogP contribution in [0.1, 0.15) is 72.7 Å². The highest BCUT2D eigenvalue weighted by Crippen LogP contribution is 2.41. The lowest BCUT2D eigenvalue weighted by Gasteiger charge is -2.42. The first-order chi connectivity index (χ1) is 18.8. The molecule has 0 spiro atoms. The number of hydrogen-bond acceptors (Lipinski definition) is 4. The average Bonchev–Trinajstić information content (AvgIpc) is 3.30. The van der Waals surface area contributed by atoms with Crippen molar-refractivity contribution in [2.75, 3.05) is 6.54 Å². The number of carbonyl (C=O) groups is 3. The van der Waals surface area contributed by atoms with Gasteiger partial charge in [0.05, 0.1) is 26.9 Å². The van der Waals surface area contributed by atoms with Crippen LogP contribution in [0.5, 0.6) is 0 Å². The fourth-order valence-electron chi connectivity index (χ4n) is 6.13. The number of imide groups is 1. The van der Waals surface area contributed by atoms with Gasteiger partial charge in [-0.25, -0.2) is 22.1 Å². The van der Waals surface area contributed by atoms with Crippen molar-refractivity contribution >= 4 is 28.7 Å². The number of fused-ring (bicyclic) bond motifs is 3. The number of piperidine rings is 1. The van der Waals surface area contributed by atoms with Crippen LogP contribution >= 0.6 is 0 Å². The largest absolute Gasteiger partial charge is 0.335 e. The Hall–Kier alpha value is -3.05. The van der Waals surface area contributed by atoms with Crippen LogP contribution in [0.4, 0.5) is 13.2 Å². The molecule has 0 aromatic heterocycles. The number of nitrogens with zero attached hydrogens (tertiary/aromatic N) is 2. The third kappa shape index (κ3) is 5.33.